The summed E-state index contributed by atoms with van der Waals surface area (Å²) in [7, 11) is 0. The van der Waals surface area contributed by atoms with Crippen LogP contribution in [0.3, 0.4) is 0 Å². The molecule has 0 fully saturated rings. The van der Waals surface area contributed by atoms with Gasteiger partial charge in [-0.05, 0) is 24.5 Å². The molecule has 1 aromatic carbocycles. The van der Waals surface area contributed by atoms with Gasteiger partial charge in [-0.2, -0.15) is 5.90 Å². The first kappa shape index (κ1) is 12.7. The third kappa shape index (κ3) is 3.68. The maximum atomic E-state index is 8.78. The predicted molar refractivity (Wildman–Crippen MR) is 64.7 cm³/mol. The van der Waals surface area contributed by atoms with E-state index >= 15 is 0 Å². The number of benzene rings is 1. The molecule has 0 amide bonds. The Morgan fingerprint density at radius 2 is 2.06 bits per heavy atom. The molecular weight excluding hydrogens is 202 g/mol. The molecule has 0 heterocycles. The van der Waals surface area contributed by atoms with Gasteiger partial charge in [0.15, 0.2) is 0 Å². The zero-order chi connectivity index (χ0) is 12.0. The maximum absolute atomic E-state index is 8.78. The number of aliphatic hydroxyl groups is 1. The van der Waals surface area contributed by atoms with Crippen molar-refractivity contribution in [2.45, 2.75) is 26.2 Å². The van der Waals surface area contributed by atoms with Crippen molar-refractivity contribution in [2.24, 2.45) is 5.90 Å². The summed E-state index contributed by atoms with van der Waals surface area (Å²) in [5.74, 6) is 6.07. The summed E-state index contributed by atoms with van der Waals surface area (Å²) in [4.78, 5) is 4.71. The van der Waals surface area contributed by atoms with E-state index in [2.05, 4.69) is 38.1 Å². The Kier molecular flexibility index (Phi) is 5.02. The Hall–Kier alpha value is -1.32. The summed E-state index contributed by atoms with van der Waals surface area (Å²) in [5.41, 5.74) is 2.49. The lowest BCUT2D eigenvalue weighted by Gasteiger charge is -2.13. The Morgan fingerprint density at radius 1 is 1.44 bits per heavy atom. The first-order valence-electron chi connectivity index (χ1n) is 5.40. The first-order chi connectivity index (χ1) is 7.67. The number of aliphatic hydroxyl groups excluding tert-OH is 1. The van der Waals surface area contributed by atoms with E-state index < -0.39 is 0 Å². The Labute approximate surface area is 96.5 Å². The maximum Gasteiger partial charge on any atom is 0.122 e. The second-order valence-electron chi connectivity index (χ2n) is 3.99. The van der Waals surface area contributed by atoms with Gasteiger partial charge in [-0.15, -0.1) is 0 Å². The topological polar surface area (TPSA) is 55.5 Å². The standard InChI is InChI=1S/C13H19NO2/c1-10-3-5-12(6-4-10)11(2)9-13(16-14)7-8-15/h3-7,11,15H,8-9,14H2,1-2H3/b13-7-. The molecule has 1 unspecified atom stereocenters. The molecule has 0 aliphatic heterocycles. The molecule has 0 saturated heterocycles. The molecule has 3 nitrogen and oxygen atoms in total. The first-order valence-corrected chi connectivity index (χ1v) is 5.40. The van der Waals surface area contributed by atoms with Crippen LogP contribution in [0.2, 0.25) is 0 Å². The number of allylic oxidation sites excluding steroid dienone is 1. The van der Waals surface area contributed by atoms with Gasteiger partial charge >= 0.3 is 0 Å². The molecule has 3 heteroatoms. The molecule has 0 bridgehead atoms. The van der Waals surface area contributed by atoms with Crippen molar-refractivity contribution in [1.29, 1.82) is 0 Å². The minimum Gasteiger partial charge on any atom is -0.416 e. The summed E-state index contributed by atoms with van der Waals surface area (Å²) in [6.07, 6.45) is 2.28. The average molecular weight is 221 g/mol. The van der Waals surface area contributed by atoms with Crippen molar-refractivity contribution >= 4 is 0 Å². The molecule has 0 radical (unpaired) electrons. The highest BCUT2D eigenvalue weighted by Crippen LogP contribution is 2.23. The lowest BCUT2D eigenvalue weighted by Crippen LogP contribution is -2.04. The molecule has 1 atom stereocenters. The summed E-state index contributed by atoms with van der Waals surface area (Å²) < 4.78 is 0. The molecule has 3 N–H and O–H groups in total. The van der Waals surface area contributed by atoms with Crippen LogP contribution in [0, 0.1) is 6.92 Å². The van der Waals surface area contributed by atoms with E-state index in [0.29, 0.717) is 18.1 Å². The van der Waals surface area contributed by atoms with Crippen molar-refractivity contribution in [3.63, 3.8) is 0 Å². The van der Waals surface area contributed by atoms with Crippen molar-refractivity contribution in [1.82, 2.24) is 0 Å². The van der Waals surface area contributed by atoms with Gasteiger partial charge in [0, 0.05) is 6.42 Å². The summed E-state index contributed by atoms with van der Waals surface area (Å²) in [6.45, 7) is 4.12. The Morgan fingerprint density at radius 3 is 2.56 bits per heavy atom. The number of rotatable bonds is 5. The van der Waals surface area contributed by atoms with Gasteiger partial charge in [-0.3, -0.25) is 0 Å². The van der Waals surface area contributed by atoms with Crippen LogP contribution in [-0.4, -0.2) is 11.7 Å². The number of nitrogens with two attached hydrogens (primary N) is 1. The number of hydrogen-bond acceptors (Lipinski definition) is 3. The van der Waals surface area contributed by atoms with E-state index in [-0.39, 0.29) is 6.61 Å². The third-order valence-corrected chi connectivity index (χ3v) is 2.62. The quantitative estimate of drug-likeness (QED) is 0.592. The van der Waals surface area contributed by atoms with E-state index in [4.69, 9.17) is 15.8 Å². The summed E-state index contributed by atoms with van der Waals surface area (Å²) >= 11 is 0. The Balaban J connectivity index is 2.67. The van der Waals surface area contributed by atoms with Crippen LogP contribution in [-0.2, 0) is 4.84 Å². The zero-order valence-corrected chi connectivity index (χ0v) is 9.81. The SMILES string of the molecule is Cc1ccc(C(C)C/C(=C/CO)ON)cc1. The van der Waals surface area contributed by atoms with Crippen LogP contribution in [0.15, 0.2) is 36.1 Å². The molecule has 0 aromatic heterocycles. The molecule has 16 heavy (non-hydrogen) atoms. The fourth-order valence-corrected chi connectivity index (χ4v) is 1.60. The van der Waals surface area contributed by atoms with Crippen LogP contribution in [0.5, 0.6) is 0 Å². The predicted octanol–water partition coefficient (Wildman–Crippen LogP) is 2.26. The minimum atomic E-state index is -0.0485. The van der Waals surface area contributed by atoms with E-state index in [9.17, 15) is 0 Å². The average Bonchev–Trinajstić information content (AvgIpc) is 2.29. The molecule has 0 saturated carbocycles. The molecule has 88 valence electrons. The van der Waals surface area contributed by atoms with Crippen molar-refractivity contribution in [3.8, 4) is 0 Å². The lowest BCUT2D eigenvalue weighted by molar-refractivity contribution is 0.200. The highest BCUT2D eigenvalue weighted by molar-refractivity contribution is 5.24. The molecule has 0 aliphatic carbocycles. The molecular formula is C13H19NO2. The smallest absolute Gasteiger partial charge is 0.122 e. The largest absolute Gasteiger partial charge is 0.416 e. The molecule has 0 spiro atoms. The van der Waals surface area contributed by atoms with Gasteiger partial charge in [0.25, 0.3) is 0 Å². The third-order valence-electron chi connectivity index (χ3n) is 2.62. The fraction of sp³-hybridized carbons (Fsp3) is 0.385. The van der Waals surface area contributed by atoms with Gasteiger partial charge < -0.3 is 9.94 Å². The normalized spacial score (nSPS) is 13.6. The lowest BCUT2D eigenvalue weighted by atomic mass is 9.96. The van der Waals surface area contributed by atoms with Gasteiger partial charge in [-0.25, -0.2) is 0 Å². The van der Waals surface area contributed by atoms with E-state index in [1.54, 1.807) is 6.08 Å². The van der Waals surface area contributed by atoms with Gasteiger partial charge in [-0.1, -0.05) is 36.8 Å². The van der Waals surface area contributed by atoms with Crippen molar-refractivity contribution in [3.05, 3.63) is 47.2 Å². The highest BCUT2D eigenvalue weighted by Gasteiger charge is 2.08. The van der Waals surface area contributed by atoms with Gasteiger partial charge in [0.1, 0.15) is 5.76 Å². The van der Waals surface area contributed by atoms with Crippen molar-refractivity contribution in [2.75, 3.05) is 6.61 Å². The number of hydrogen-bond donors (Lipinski definition) is 2. The van der Waals surface area contributed by atoms with Crippen LogP contribution in [0.25, 0.3) is 0 Å². The summed E-state index contributed by atoms with van der Waals surface area (Å²) in [5, 5.41) is 8.78. The van der Waals surface area contributed by atoms with E-state index in [0.717, 1.165) is 0 Å². The van der Waals surface area contributed by atoms with Crippen molar-refractivity contribution < 1.29 is 9.94 Å². The number of aryl methyl sites for hydroxylation is 1. The van der Waals surface area contributed by atoms with Crippen LogP contribution in [0.1, 0.15) is 30.4 Å². The zero-order valence-electron chi connectivity index (χ0n) is 9.81. The molecule has 1 rings (SSSR count). The second-order valence-corrected chi connectivity index (χ2v) is 3.99. The van der Waals surface area contributed by atoms with Gasteiger partial charge in [0.2, 0.25) is 0 Å². The molecule has 1 aromatic rings. The second kappa shape index (κ2) is 6.30. The fourth-order valence-electron chi connectivity index (χ4n) is 1.60. The Bertz CT molecular complexity index is 343. The minimum absolute atomic E-state index is 0.0485. The van der Waals surface area contributed by atoms with Crippen LogP contribution in [0.4, 0.5) is 0 Å². The van der Waals surface area contributed by atoms with E-state index in [1.807, 2.05) is 0 Å². The van der Waals surface area contributed by atoms with Crippen LogP contribution < -0.4 is 5.90 Å². The van der Waals surface area contributed by atoms with E-state index in [1.165, 1.54) is 11.1 Å². The van der Waals surface area contributed by atoms with Crippen LogP contribution >= 0.6 is 0 Å². The highest BCUT2D eigenvalue weighted by atomic mass is 16.6. The molecule has 0 aliphatic rings. The monoisotopic (exact) mass is 221 g/mol. The summed E-state index contributed by atoms with van der Waals surface area (Å²) in [6, 6.07) is 8.38. The van der Waals surface area contributed by atoms with Gasteiger partial charge in [0.05, 0.1) is 6.61 Å².